The van der Waals surface area contributed by atoms with Crippen LogP contribution in [0.1, 0.15) is 31.5 Å². The molecule has 0 saturated carbocycles. The maximum atomic E-state index is 4.69. The maximum absolute atomic E-state index is 4.69. The number of fused-ring (bicyclic) bond motifs is 1. The molecule has 3 rings (SSSR count). The number of nitrogens with zero attached hydrogens (tertiary/aromatic N) is 4. The zero-order chi connectivity index (χ0) is 13.9. The number of nitrogens with one attached hydrogen (secondary N) is 2. The molecule has 2 aromatic heterocycles. The van der Waals surface area contributed by atoms with Gasteiger partial charge in [0.1, 0.15) is 18.0 Å². The topological polar surface area (TPSA) is 71.4 Å². The van der Waals surface area contributed by atoms with Crippen molar-refractivity contribution in [2.45, 2.75) is 33.0 Å². The van der Waals surface area contributed by atoms with Gasteiger partial charge in [-0.25, -0.2) is 9.97 Å². The first-order chi connectivity index (χ1) is 9.79. The number of H-pyrrole nitrogens is 1. The SMILES string of the molecule is CCn1c(CNC(C)c2ncn[nH]2)nc2ccccc21. The molecule has 1 unspecified atom stereocenters. The lowest BCUT2D eigenvalue weighted by atomic mass is 10.3. The highest BCUT2D eigenvalue weighted by molar-refractivity contribution is 5.75. The van der Waals surface area contributed by atoms with Crippen LogP contribution in [-0.2, 0) is 13.1 Å². The molecule has 0 amide bonds. The monoisotopic (exact) mass is 270 g/mol. The molecule has 1 atom stereocenters. The Labute approximate surface area is 117 Å². The summed E-state index contributed by atoms with van der Waals surface area (Å²) in [4.78, 5) is 8.85. The first-order valence-electron chi connectivity index (χ1n) is 6.82. The third-order valence-corrected chi connectivity index (χ3v) is 3.46. The van der Waals surface area contributed by atoms with Gasteiger partial charge in [0.05, 0.1) is 23.6 Å². The number of imidazole rings is 1. The number of rotatable bonds is 5. The number of hydrogen-bond acceptors (Lipinski definition) is 4. The molecular formula is C14H18N6. The number of aromatic amines is 1. The van der Waals surface area contributed by atoms with Gasteiger partial charge in [0, 0.05) is 6.54 Å². The molecule has 0 fully saturated rings. The van der Waals surface area contributed by atoms with Crippen molar-refractivity contribution in [2.24, 2.45) is 0 Å². The van der Waals surface area contributed by atoms with Crippen LogP contribution in [0.5, 0.6) is 0 Å². The van der Waals surface area contributed by atoms with Crippen LogP contribution >= 0.6 is 0 Å². The lowest BCUT2D eigenvalue weighted by Crippen LogP contribution is -2.21. The van der Waals surface area contributed by atoms with Crippen LogP contribution in [0, 0.1) is 0 Å². The quantitative estimate of drug-likeness (QED) is 0.744. The maximum Gasteiger partial charge on any atom is 0.141 e. The van der Waals surface area contributed by atoms with Crippen molar-refractivity contribution >= 4 is 11.0 Å². The second-order valence-electron chi connectivity index (χ2n) is 4.73. The Kier molecular flexibility index (Phi) is 3.47. The Balaban J connectivity index is 1.80. The van der Waals surface area contributed by atoms with Gasteiger partial charge in [-0.2, -0.15) is 5.10 Å². The standard InChI is InChI=1S/C14H18N6/c1-3-20-12-7-5-4-6-11(12)18-13(20)8-15-10(2)14-16-9-17-19-14/h4-7,9-10,15H,3,8H2,1-2H3,(H,16,17,19). The average Bonchev–Trinajstić information content (AvgIpc) is 3.11. The number of para-hydroxylation sites is 2. The molecule has 0 saturated heterocycles. The van der Waals surface area contributed by atoms with E-state index in [4.69, 9.17) is 4.98 Å². The molecule has 2 N–H and O–H groups in total. The Morgan fingerprint density at radius 3 is 2.95 bits per heavy atom. The highest BCUT2D eigenvalue weighted by atomic mass is 15.2. The lowest BCUT2D eigenvalue weighted by Gasteiger charge is -2.11. The predicted octanol–water partition coefficient (Wildman–Crippen LogP) is 2.03. The summed E-state index contributed by atoms with van der Waals surface area (Å²) in [6.07, 6.45) is 1.52. The normalized spacial score (nSPS) is 12.9. The second kappa shape index (κ2) is 5.42. The number of aryl methyl sites for hydroxylation is 1. The minimum Gasteiger partial charge on any atom is -0.327 e. The molecule has 0 radical (unpaired) electrons. The molecule has 20 heavy (non-hydrogen) atoms. The highest BCUT2D eigenvalue weighted by Crippen LogP contribution is 2.16. The fourth-order valence-electron chi connectivity index (χ4n) is 2.38. The molecule has 0 aliphatic carbocycles. The van der Waals surface area contributed by atoms with Crippen molar-refractivity contribution in [3.05, 3.63) is 42.2 Å². The van der Waals surface area contributed by atoms with Crippen LogP contribution < -0.4 is 5.32 Å². The van der Waals surface area contributed by atoms with Crippen LogP contribution in [-0.4, -0.2) is 24.7 Å². The molecule has 2 heterocycles. The van der Waals surface area contributed by atoms with E-state index < -0.39 is 0 Å². The van der Waals surface area contributed by atoms with E-state index in [-0.39, 0.29) is 6.04 Å². The second-order valence-corrected chi connectivity index (χ2v) is 4.73. The number of hydrogen-bond donors (Lipinski definition) is 2. The Morgan fingerprint density at radius 2 is 2.20 bits per heavy atom. The fraction of sp³-hybridized carbons (Fsp3) is 0.357. The van der Waals surface area contributed by atoms with Gasteiger partial charge in [0.2, 0.25) is 0 Å². The van der Waals surface area contributed by atoms with Crippen molar-refractivity contribution in [1.82, 2.24) is 30.0 Å². The van der Waals surface area contributed by atoms with E-state index in [9.17, 15) is 0 Å². The molecule has 104 valence electrons. The smallest absolute Gasteiger partial charge is 0.141 e. The number of benzene rings is 1. The molecule has 0 spiro atoms. The van der Waals surface area contributed by atoms with E-state index in [2.05, 4.69) is 45.0 Å². The van der Waals surface area contributed by atoms with Crippen LogP contribution in [0.25, 0.3) is 11.0 Å². The third-order valence-electron chi connectivity index (χ3n) is 3.46. The van der Waals surface area contributed by atoms with Gasteiger partial charge in [-0.3, -0.25) is 5.10 Å². The van der Waals surface area contributed by atoms with E-state index in [1.54, 1.807) is 0 Å². The van der Waals surface area contributed by atoms with Crippen molar-refractivity contribution in [2.75, 3.05) is 0 Å². The van der Waals surface area contributed by atoms with Crippen molar-refractivity contribution in [1.29, 1.82) is 0 Å². The van der Waals surface area contributed by atoms with Crippen LogP contribution in [0.2, 0.25) is 0 Å². The summed E-state index contributed by atoms with van der Waals surface area (Å²) in [5.41, 5.74) is 2.22. The largest absolute Gasteiger partial charge is 0.327 e. The summed E-state index contributed by atoms with van der Waals surface area (Å²) >= 11 is 0. The number of aromatic nitrogens is 5. The minimum atomic E-state index is 0.114. The summed E-state index contributed by atoms with van der Waals surface area (Å²) < 4.78 is 2.23. The summed E-state index contributed by atoms with van der Waals surface area (Å²) in [7, 11) is 0. The van der Waals surface area contributed by atoms with E-state index in [0.29, 0.717) is 6.54 Å². The Hall–Kier alpha value is -2.21. The molecule has 1 aromatic carbocycles. The van der Waals surface area contributed by atoms with Gasteiger partial charge < -0.3 is 9.88 Å². The molecule has 0 aliphatic heterocycles. The summed E-state index contributed by atoms with van der Waals surface area (Å²) in [6.45, 7) is 5.80. The molecule has 0 bridgehead atoms. The first-order valence-corrected chi connectivity index (χ1v) is 6.82. The molecule has 6 heteroatoms. The Morgan fingerprint density at radius 1 is 1.35 bits per heavy atom. The van der Waals surface area contributed by atoms with E-state index in [0.717, 1.165) is 23.7 Å². The van der Waals surface area contributed by atoms with Gasteiger partial charge in [-0.15, -0.1) is 0 Å². The zero-order valence-corrected chi connectivity index (χ0v) is 11.7. The van der Waals surface area contributed by atoms with E-state index in [1.807, 2.05) is 18.2 Å². The molecular weight excluding hydrogens is 252 g/mol. The zero-order valence-electron chi connectivity index (χ0n) is 11.7. The Bertz CT molecular complexity index is 685. The van der Waals surface area contributed by atoms with Crippen LogP contribution in [0.15, 0.2) is 30.6 Å². The predicted molar refractivity (Wildman–Crippen MR) is 77.0 cm³/mol. The van der Waals surface area contributed by atoms with E-state index >= 15 is 0 Å². The van der Waals surface area contributed by atoms with Crippen molar-refractivity contribution < 1.29 is 0 Å². The van der Waals surface area contributed by atoms with Crippen molar-refractivity contribution in [3.63, 3.8) is 0 Å². The van der Waals surface area contributed by atoms with Crippen LogP contribution in [0.4, 0.5) is 0 Å². The minimum absolute atomic E-state index is 0.114. The highest BCUT2D eigenvalue weighted by Gasteiger charge is 2.12. The summed E-state index contributed by atoms with van der Waals surface area (Å²) in [6, 6.07) is 8.33. The summed E-state index contributed by atoms with van der Waals surface area (Å²) in [5.74, 6) is 1.88. The first kappa shape index (κ1) is 12.8. The molecule has 6 nitrogen and oxygen atoms in total. The van der Waals surface area contributed by atoms with Gasteiger partial charge in [0.25, 0.3) is 0 Å². The van der Waals surface area contributed by atoms with Crippen LogP contribution in [0.3, 0.4) is 0 Å². The summed E-state index contributed by atoms with van der Waals surface area (Å²) in [5, 5.41) is 10.2. The third kappa shape index (κ3) is 2.30. The molecule has 3 aromatic rings. The van der Waals surface area contributed by atoms with E-state index in [1.165, 1.54) is 11.8 Å². The van der Waals surface area contributed by atoms with Crippen molar-refractivity contribution in [3.8, 4) is 0 Å². The van der Waals surface area contributed by atoms with Gasteiger partial charge in [-0.05, 0) is 26.0 Å². The fourth-order valence-corrected chi connectivity index (χ4v) is 2.38. The van der Waals surface area contributed by atoms with Gasteiger partial charge in [-0.1, -0.05) is 12.1 Å². The van der Waals surface area contributed by atoms with Gasteiger partial charge in [0.15, 0.2) is 0 Å². The molecule has 0 aliphatic rings. The van der Waals surface area contributed by atoms with Gasteiger partial charge >= 0.3 is 0 Å². The average molecular weight is 270 g/mol. The lowest BCUT2D eigenvalue weighted by molar-refractivity contribution is 0.523.